The van der Waals surface area contributed by atoms with Crippen molar-refractivity contribution in [3.63, 3.8) is 0 Å². The van der Waals surface area contributed by atoms with Crippen LogP contribution in [-0.2, 0) is 4.79 Å². The van der Waals surface area contributed by atoms with Crippen molar-refractivity contribution in [2.75, 3.05) is 0 Å². The lowest BCUT2D eigenvalue weighted by Gasteiger charge is -1.87. The Labute approximate surface area is 61.7 Å². The summed E-state index contributed by atoms with van der Waals surface area (Å²) < 4.78 is 1.30. The Hall–Kier alpha value is -1.78. The lowest BCUT2D eigenvalue weighted by atomic mass is 10.6. The quantitative estimate of drug-likeness (QED) is 0.528. The Kier molecular flexibility index (Phi) is 1.15. The van der Waals surface area contributed by atoms with Gasteiger partial charge in [0.2, 0.25) is 6.41 Å². The van der Waals surface area contributed by atoms with Gasteiger partial charge in [-0.15, -0.1) is 0 Å². The highest BCUT2D eigenvalue weighted by Crippen LogP contribution is 2.03. The molecule has 0 spiro atoms. The van der Waals surface area contributed by atoms with Crippen molar-refractivity contribution in [3.8, 4) is 0 Å². The first-order valence-electron chi connectivity index (χ1n) is 2.99. The van der Waals surface area contributed by atoms with Gasteiger partial charge in [-0.05, 0) is 0 Å². The standard InChI is InChI=1S/C6H4N4O/c11-4-10-3-9-5-1-7-2-8-6(5)10/h1-4H. The van der Waals surface area contributed by atoms with Crippen LogP contribution in [0.25, 0.3) is 11.2 Å². The lowest BCUT2D eigenvalue weighted by molar-refractivity contribution is 0.548. The highest BCUT2D eigenvalue weighted by molar-refractivity contribution is 5.76. The summed E-state index contributed by atoms with van der Waals surface area (Å²) in [6, 6.07) is 0. The zero-order valence-corrected chi connectivity index (χ0v) is 5.51. The third kappa shape index (κ3) is 0.778. The summed E-state index contributed by atoms with van der Waals surface area (Å²) in [6.07, 6.45) is 5.00. The van der Waals surface area contributed by atoms with Crippen molar-refractivity contribution in [1.29, 1.82) is 0 Å². The maximum absolute atomic E-state index is 10.3. The predicted octanol–water partition coefficient (Wildman–Crippen LogP) is -0.135. The van der Waals surface area contributed by atoms with Crippen LogP contribution in [0.1, 0.15) is 0 Å². The normalized spacial score (nSPS) is 10.2. The van der Waals surface area contributed by atoms with Crippen molar-refractivity contribution in [2.24, 2.45) is 0 Å². The summed E-state index contributed by atoms with van der Waals surface area (Å²) in [5, 5.41) is 0. The van der Waals surface area contributed by atoms with Gasteiger partial charge in [0.25, 0.3) is 0 Å². The largest absolute Gasteiger partial charge is 0.278 e. The number of hydrogen-bond donors (Lipinski definition) is 0. The number of imidazole rings is 1. The van der Waals surface area contributed by atoms with E-state index in [2.05, 4.69) is 15.0 Å². The van der Waals surface area contributed by atoms with Crippen LogP contribution in [0.2, 0.25) is 0 Å². The molecule has 54 valence electrons. The maximum atomic E-state index is 10.3. The Morgan fingerprint density at radius 3 is 3.18 bits per heavy atom. The number of hydrogen-bond acceptors (Lipinski definition) is 4. The van der Waals surface area contributed by atoms with Gasteiger partial charge in [0.05, 0.1) is 6.20 Å². The molecule has 11 heavy (non-hydrogen) atoms. The molecule has 0 fully saturated rings. The molecule has 2 rings (SSSR count). The van der Waals surface area contributed by atoms with Gasteiger partial charge in [-0.1, -0.05) is 0 Å². The molecular formula is C6H4N4O. The molecule has 0 N–H and O–H groups in total. The van der Waals surface area contributed by atoms with Crippen LogP contribution in [0.5, 0.6) is 0 Å². The lowest BCUT2D eigenvalue weighted by Crippen LogP contribution is -1.93. The van der Waals surface area contributed by atoms with Crippen LogP contribution in [0.3, 0.4) is 0 Å². The minimum Gasteiger partial charge on any atom is -0.278 e. The Morgan fingerprint density at radius 1 is 1.45 bits per heavy atom. The predicted molar refractivity (Wildman–Crippen MR) is 37.5 cm³/mol. The molecule has 0 aliphatic carbocycles. The average molecular weight is 148 g/mol. The first-order chi connectivity index (χ1) is 5.42. The fraction of sp³-hybridized carbons (Fsp3) is 0. The van der Waals surface area contributed by atoms with Crippen molar-refractivity contribution >= 4 is 17.6 Å². The van der Waals surface area contributed by atoms with Crippen LogP contribution >= 0.6 is 0 Å². The first-order valence-corrected chi connectivity index (χ1v) is 2.99. The Morgan fingerprint density at radius 2 is 2.36 bits per heavy atom. The van der Waals surface area contributed by atoms with Crippen LogP contribution in [-0.4, -0.2) is 25.9 Å². The highest BCUT2D eigenvalue weighted by Gasteiger charge is 1.99. The molecule has 0 aromatic carbocycles. The second-order valence-electron chi connectivity index (χ2n) is 1.99. The number of carbonyl (C=O) groups excluding carboxylic acids is 1. The molecule has 2 heterocycles. The first kappa shape index (κ1) is 5.96. The molecule has 0 saturated carbocycles. The van der Waals surface area contributed by atoms with Crippen LogP contribution in [0.15, 0.2) is 18.9 Å². The van der Waals surface area contributed by atoms with Gasteiger partial charge < -0.3 is 0 Å². The van der Waals surface area contributed by atoms with E-state index >= 15 is 0 Å². The minimum atomic E-state index is 0.537. The molecular weight excluding hydrogens is 144 g/mol. The number of carbonyl (C=O) groups is 1. The number of fused-ring (bicyclic) bond motifs is 1. The molecule has 5 heteroatoms. The highest BCUT2D eigenvalue weighted by atomic mass is 16.1. The van der Waals surface area contributed by atoms with Gasteiger partial charge in [-0.2, -0.15) is 0 Å². The van der Waals surface area contributed by atoms with Gasteiger partial charge in [0.15, 0.2) is 5.65 Å². The molecule has 5 nitrogen and oxygen atoms in total. The summed E-state index contributed by atoms with van der Waals surface area (Å²) in [5.41, 5.74) is 1.16. The Balaban J connectivity index is 2.86. The van der Waals surface area contributed by atoms with Crippen molar-refractivity contribution in [2.45, 2.75) is 0 Å². The van der Waals surface area contributed by atoms with Gasteiger partial charge in [-0.25, -0.2) is 15.0 Å². The third-order valence-corrected chi connectivity index (χ3v) is 1.35. The second kappa shape index (κ2) is 2.12. The maximum Gasteiger partial charge on any atom is 0.220 e. The number of aromatic nitrogens is 4. The smallest absolute Gasteiger partial charge is 0.220 e. The van der Waals surface area contributed by atoms with Crippen LogP contribution in [0, 0.1) is 0 Å². The molecule has 0 bridgehead atoms. The monoisotopic (exact) mass is 148 g/mol. The molecule has 0 amide bonds. The molecule has 0 aliphatic heterocycles. The molecule has 0 saturated heterocycles. The van der Waals surface area contributed by atoms with Gasteiger partial charge in [0, 0.05) is 0 Å². The molecule has 0 atom stereocenters. The van der Waals surface area contributed by atoms with E-state index < -0.39 is 0 Å². The van der Waals surface area contributed by atoms with E-state index in [-0.39, 0.29) is 0 Å². The topological polar surface area (TPSA) is 60.7 Å². The van der Waals surface area contributed by atoms with Crippen LogP contribution in [0.4, 0.5) is 0 Å². The van der Waals surface area contributed by atoms with Crippen LogP contribution < -0.4 is 0 Å². The van der Waals surface area contributed by atoms with E-state index in [4.69, 9.17) is 0 Å². The summed E-state index contributed by atoms with van der Waals surface area (Å²) in [5.74, 6) is 0. The average Bonchev–Trinajstić information content (AvgIpc) is 2.47. The minimum absolute atomic E-state index is 0.537. The fourth-order valence-electron chi connectivity index (χ4n) is 0.862. The van der Waals surface area contributed by atoms with E-state index in [1.807, 2.05) is 0 Å². The van der Waals surface area contributed by atoms with Gasteiger partial charge in [-0.3, -0.25) is 9.36 Å². The molecule has 2 aromatic heterocycles. The van der Waals surface area contributed by atoms with E-state index in [0.29, 0.717) is 17.6 Å². The zero-order chi connectivity index (χ0) is 7.68. The molecule has 0 radical (unpaired) electrons. The SMILES string of the molecule is O=Cn1cnc2cncnc21. The van der Waals surface area contributed by atoms with Crippen molar-refractivity contribution in [3.05, 3.63) is 18.9 Å². The van der Waals surface area contributed by atoms with Gasteiger partial charge >= 0.3 is 0 Å². The summed E-state index contributed by atoms with van der Waals surface area (Å²) >= 11 is 0. The Bertz CT molecular complexity index is 394. The molecule has 0 aliphatic rings. The van der Waals surface area contributed by atoms with Crippen molar-refractivity contribution < 1.29 is 4.79 Å². The fourth-order valence-corrected chi connectivity index (χ4v) is 0.862. The van der Waals surface area contributed by atoms with Gasteiger partial charge in [0.1, 0.15) is 18.2 Å². The van der Waals surface area contributed by atoms with E-state index in [9.17, 15) is 4.79 Å². The second-order valence-corrected chi connectivity index (χ2v) is 1.99. The summed E-state index contributed by atoms with van der Waals surface area (Å²) in [4.78, 5) is 21.9. The molecule has 2 aromatic rings. The summed E-state index contributed by atoms with van der Waals surface area (Å²) in [6.45, 7) is 0. The number of rotatable bonds is 1. The third-order valence-electron chi connectivity index (χ3n) is 1.35. The summed E-state index contributed by atoms with van der Waals surface area (Å²) in [7, 11) is 0. The van der Waals surface area contributed by atoms with E-state index in [0.717, 1.165) is 0 Å². The van der Waals surface area contributed by atoms with E-state index in [1.165, 1.54) is 17.2 Å². The number of nitrogens with zero attached hydrogens (tertiary/aromatic N) is 4. The van der Waals surface area contributed by atoms with Crippen molar-refractivity contribution in [1.82, 2.24) is 19.5 Å². The van der Waals surface area contributed by atoms with E-state index in [1.54, 1.807) is 6.20 Å². The zero-order valence-electron chi connectivity index (χ0n) is 5.51. The molecule has 0 unspecified atom stereocenters.